The number of nitrogens with one attached hydrogen (secondary N) is 2. The zero-order valence-electron chi connectivity index (χ0n) is 25.6. The third-order valence-corrected chi connectivity index (χ3v) is 7.33. The minimum atomic E-state index is -1.01. The first kappa shape index (κ1) is 33.3. The van der Waals surface area contributed by atoms with Crippen molar-refractivity contribution in [3.63, 3.8) is 0 Å². The number of ether oxygens (including phenoxy) is 3. The monoisotopic (exact) mass is 600 g/mol. The van der Waals surface area contributed by atoms with E-state index in [0.717, 1.165) is 12.0 Å². The SMILES string of the molecule is CCOC(=O)C1(CCC(C)C)CNC(=O)CCCN(C(=O)Cn2cnnc2)CCNC(=O)COc2ccc(cc2OC)C1. The summed E-state index contributed by atoms with van der Waals surface area (Å²) < 4.78 is 18.4. The molecule has 13 heteroatoms. The van der Waals surface area contributed by atoms with E-state index in [4.69, 9.17) is 14.2 Å². The molecule has 3 heterocycles. The molecule has 0 saturated carbocycles. The van der Waals surface area contributed by atoms with Gasteiger partial charge in [0.25, 0.3) is 5.91 Å². The van der Waals surface area contributed by atoms with Gasteiger partial charge >= 0.3 is 5.97 Å². The van der Waals surface area contributed by atoms with E-state index in [9.17, 15) is 19.2 Å². The average molecular weight is 601 g/mol. The van der Waals surface area contributed by atoms with E-state index in [1.807, 2.05) is 6.07 Å². The lowest BCUT2D eigenvalue weighted by Crippen LogP contribution is -2.46. The smallest absolute Gasteiger partial charge is 0.314 e. The average Bonchev–Trinajstić information content (AvgIpc) is 3.49. The van der Waals surface area contributed by atoms with Crippen LogP contribution in [0.25, 0.3) is 0 Å². The molecule has 2 bridgehead atoms. The maximum absolute atomic E-state index is 13.5. The molecule has 0 saturated heterocycles. The molecule has 0 aliphatic carbocycles. The van der Waals surface area contributed by atoms with Gasteiger partial charge in [0.05, 0.1) is 19.1 Å². The van der Waals surface area contributed by atoms with Gasteiger partial charge in [-0.3, -0.25) is 19.2 Å². The largest absolute Gasteiger partial charge is 0.493 e. The molecular weight excluding hydrogens is 556 g/mol. The molecule has 1 unspecified atom stereocenters. The van der Waals surface area contributed by atoms with Crippen molar-refractivity contribution in [3.05, 3.63) is 36.4 Å². The number of esters is 1. The maximum Gasteiger partial charge on any atom is 0.314 e. The van der Waals surface area contributed by atoms with Gasteiger partial charge in [0, 0.05) is 32.6 Å². The highest BCUT2D eigenvalue weighted by atomic mass is 16.5. The molecule has 43 heavy (non-hydrogen) atoms. The van der Waals surface area contributed by atoms with Crippen molar-refractivity contribution in [2.45, 2.75) is 59.4 Å². The first-order valence-corrected chi connectivity index (χ1v) is 14.8. The van der Waals surface area contributed by atoms with Crippen molar-refractivity contribution >= 4 is 23.7 Å². The van der Waals surface area contributed by atoms with E-state index < -0.39 is 5.41 Å². The van der Waals surface area contributed by atoms with E-state index in [2.05, 4.69) is 34.7 Å². The summed E-state index contributed by atoms with van der Waals surface area (Å²) in [6, 6.07) is 5.32. The van der Waals surface area contributed by atoms with E-state index in [1.54, 1.807) is 28.5 Å². The third-order valence-electron chi connectivity index (χ3n) is 7.33. The van der Waals surface area contributed by atoms with E-state index in [1.165, 1.54) is 19.8 Å². The quantitative estimate of drug-likeness (QED) is 0.341. The first-order chi connectivity index (χ1) is 20.7. The summed E-state index contributed by atoms with van der Waals surface area (Å²) >= 11 is 0. The first-order valence-electron chi connectivity index (χ1n) is 14.8. The van der Waals surface area contributed by atoms with Gasteiger partial charge in [-0.2, -0.15) is 0 Å². The highest BCUT2D eigenvalue weighted by Crippen LogP contribution is 2.35. The summed E-state index contributed by atoms with van der Waals surface area (Å²) in [5, 5.41) is 13.2. The fourth-order valence-corrected chi connectivity index (χ4v) is 4.90. The lowest BCUT2D eigenvalue weighted by Gasteiger charge is -2.33. The summed E-state index contributed by atoms with van der Waals surface area (Å²) in [6.45, 7) is 6.79. The van der Waals surface area contributed by atoms with Crippen LogP contribution in [0.4, 0.5) is 0 Å². The Bertz CT molecular complexity index is 1220. The number of hydrogen-bond acceptors (Lipinski definition) is 9. The van der Waals surface area contributed by atoms with Gasteiger partial charge in [-0.1, -0.05) is 19.9 Å². The van der Waals surface area contributed by atoms with Gasteiger partial charge in [0.1, 0.15) is 19.2 Å². The number of hydrogen-bond donors (Lipinski definition) is 2. The van der Waals surface area contributed by atoms with Crippen LogP contribution in [0.1, 0.15) is 52.0 Å². The number of rotatable bonds is 8. The molecule has 3 amide bonds. The molecule has 2 aliphatic rings. The molecule has 2 aliphatic heterocycles. The predicted molar refractivity (Wildman–Crippen MR) is 157 cm³/mol. The Kier molecular flexibility index (Phi) is 12.8. The van der Waals surface area contributed by atoms with Crippen LogP contribution in [-0.4, -0.2) is 89.9 Å². The van der Waals surface area contributed by atoms with Crippen LogP contribution < -0.4 is 20.1 Å². The van der Waals surface area contributed by atoms with Crippen LogP contribution in [0.3, 0.4) is 0 Å². The van der Waals surface area contributed by atoms with Crippen LogP contribution in [0.5, 0.6) is 11.5 Å². The molecule has 0 spiro atoms. The second-order valence-electron chi connectivity index (χ2n) is 11.1. The number of aromatic nitrogens is 3. The molecule has 1 atom stereocenters. The van der Waals surface area contributed by atoms with Crippen molar-refractivity contribution in [2.24, 2.45) is 11.3 Å². The van der Waals surface area contributed by atoms with Crippen molar-refractivity contribution < 1.29 is 33.4 Å². The Morgan fingerprint density at radius 3 is 2.58 bits per heavy atom. The minimum absolute atomic E-state index is 0.0315. The normalized spacial score (nSPS) is 19.0. The molecule has 0 fully saturated rings. The molecule has 1 aromatic heterocycles. The van der Waals surface area contributed by atoms with Crippen LogP contribution in [0, 0.1) is 11.3 Å². The number of carbonyl (C=O) groups excluding carboxylic acids is 4. The number of nitrogens with zero attached hydrogens (tertiary/aromatic N) is 4. The number of fused-ring (bicyclic) bond motifs is 16. The Morgan fingerprint density at radius 2 is 1.88 bits per heavy atom. The van der Waals surface area contributed by atoms with Crippen molar-refractivity contribution in [3.8, 4) is 11.5 Å². The Morgan fingerprint density at radius 1 is 1.12 bits per heavy atom. The minimum Gasteiger partial charge on any atom is -0.493 e. The number of benzene rings is 1. The number of amides is 3. The van der Waals surface area contributed by atoms with Gasteiger partial charge in [0.15, 0.2) is 18.1 Å². The highest BCUT2D eigenvalue weighted by molar-refractivity contribution is 5.81. The number of methoxy groups -OCH3 is 1. The maximum atomic E-state index is 13.5. The van der Waals surface area contributed by atoms with Crippen LogP contribution in [0.2, 0.25) is 0 Å². The lowest BCUT2D eigenvalue weighted by atomic mass is 9.76. The second-order valence-corrected chi connectivity index (χ2v) is 11.1. The summed E-state index contributed by atoms with van der Waals surface area (Å²) in [6.07, 6.45) is 5.02. The Hall–Kier alpha value is -4.16. The topological polar surface area (TPSA) is 154 Å². The second kappa shape index (κ2) is 16.5. The van der Waals surface area contributed by atoms with Crippen molar-refractivity contribution in [2.75, 3.05) is 46.5 Å². The van der Waals surface area contributed by atoms with Crippen LogP contribution in [0.15, 0.2) is 30.9 Å². The fraction of sp³-hybridized carbons (Fsp3) is 0.600. The number of carbonyl (C=O) groups is 4. The Balaban J connectivity index is 1.88. The summed E-state index contributed by atoms with van der Waals surface area (Å²) in [4.78, 5) is 53.7. The standard InChI is InChI=1S/C30H44N6O7/c1-5-42-29(40)30(11-10-22(2)3)16-23-8-9-24(25(15-23)41-4)43-18-27(38)31-12-14-36(13-6-7-26(37)32-19-30)28(39)17-35-20-33-34-21-35/h8-9,15,20-22H,5-7,10-14,16-19H2,1-4H3,(H,31,38)(H,32,37). The summed E-state index contributed by atoms with van der Waals surface area (Å²) in [5.74, 6) is -0.0274. The lowest BCUT2D eigenvalue weighted by molar-refractivity contribution is -0.156. The van der Waals surface area contributed by atoms with Crippen LogP contribution in [-0.2, 0) is 36.9 Å². The van der Waals surface area contributed by atoms with E-state index in [-0.39, 0.29) is 69.5 Å². The van der Waals surface area contributed by atoms with E-state index >= 15 is 0 Å². The molecule has 13 nitrogen and oxygen atoms in total. The molecule has 2 aromatic rings. The summed E-state index contributed by atoms with van der Waals surface area (Å²) in [5.41, 5.74) is -0.202. The van der Waals surface area contributed by atoms with Gasteiger partial charge in [-0.15, -0.1) is 10.2 Å². The van der Waals surface area contributed by atoms with E-state index in [0.29, 0.717) is 43.2 Å². The third kappa shape index (κ3) is 10.3. The molecule has 4 rings (SSSR count). The molecule has 236 valence electrons. The fourth-order valence-electron chi connectivity index (χ4n) is 4.90. The highest BCUT2D eigenvalue weighted by Gasteiger charge is 2.40. The zero-order chi connectivity index (χ0) is 31.2. The van der Waals surface area contributed by atoms with Gasteiger partial charge in [0.2, 0.25) is 11.8 Å². The van der Waals surface area contributed by atoms with Gasteiger partial charge in [-0.25, -0.2) is 0 Å². The van der Waals surface area contributed by atoms with Gasteiger partial charge in [-0.05, 0) is 56.2 Å². The molecule has 2 N–H and O–H groups in total. The molecule has 1 aromatic carbocycles. The molecular formula is C30H44N6O7. The van der Waals surface area contributed by atoms with Crippen molar-refractivity contribution in [1.29, 1.82) is 0 Å². The molecule has 0 radical (unpaired) electrons. The summed E-state index contributed by atoms with van der Waals surface area (Å²) in [7, 11) is 1.50. The van der Waals surface area contributed by atoms with Crippen molar-refractivity contribution in [1.82, 2.24) is 30.3 Å². The predicted octanol–water partition coefficient (Wildman–Crippen LogP) is 1.75. The zero-order valence-corrected chi connectivity index (χ0v) is 25.6. The van der Waals surface area contributed by atoms with Gasteiger partial charge < -0.3 is 34.3 Å². The Labute approximate surface area is 252 Å². The van der Waals surface area contributed by atoms with Crippen LogP contribution >= 0.6 is 0 Å².